The second-order valence-corrected chi connectivity index (χ2v) is 13.9. The SMILES string of the molecule is CCCCc1nnc(OC2CCN(C)CC2)cc1-c1ccc(OC2CCCCC2)c(N(CC(C)C)S(C)(=O)=O)c1. The first-order valence-electron chi connectivity index (χ1n) is 15.1. The summed E-state index contributed by atoms with van der Waals surface area (Å²) in [4.78, 5) is 2.31. The average molecular weight is 573 g/mol. The highest BCUT2D eigenvalue weighted by Gasteiger charge is 2.26. The Kier molecular flexibility index (Phi) is 10.7. The Morgan fingerprint density at radius 2 is 1.70 bits per heavy atom. The van der Waals surface area contributed by atoms with Gasteiger partial charge >= 0.3 is 0 Å². The number of piperidine rings is 1. The minimum atomic E-state index is -3.53. The van der Waals surface area contributed by atoms with Crippen LogP contribution in [0.25, 0.3) is 11.1 Å². The number of anilines is 1. The van der Waals surface area contributed by atoms with E-state index in [1.54, 1.807) is 0 Å². The number of unbranched alkanes of at least 4 members (excludes halogenated alkanes) is 1. The number of ether oxygens (including phenoxy) is 2. The Bertz CT molecular complexity index is 1210. The van der Waals surface area contributed by atoms with Gasteiger partial charge in [0.25, 0.3) is 0 Å². The van der Waals surface area contributed by atoms with Crippen LogP contribution in [0.3, 0.4) is 0 Å². The van der Waals surface area contributed by atoms with Crippen molar-refractivity contribution in [2.24, 2.45) is 5.92 Å². The highest BCUT2D eigenvalue weighted by Crippen LogP contribution is 2.39. The first-order chi connectivity index (χ1) is 19.1. The van der Waals surface area contributed by atoms with E-state index < -0.39 is 10.0 Å². The van der Waals surface area contributed by atoms with Gasteiger partial charge in [0.2, 0.25) is 15.9 Å². The largest absolute Gasteiger partial charge is 0.488 e. The van der Waals surface area contributed by atoms with E-state index in [1.807, 2.05) is 38.1 Å². The van der Waals surface area contributed by atoms with Crippen molar-refractivity contribution in [1.29, 1.82) is 0 Å². The minimum Gasteiger partial charge on any atom is -0.488 e. The van der Waals surface area contributed by atoms with Crippen molar-refractivity contribution in [2.45, 2.75) is 97.2 Å². The Labute approximate surface area is 241 Å². The maximum atomic E-state index is 13.1. The summed E-state index contributed by atoms with van der Waals surface area (Å²) in [5.74, 6) is 1.30. The van der Waals surface area contributed by atoms with Crippen LogP contribution in [0.15, 0.2) is 24.3 Å². The Balaban J connectivity index is 1.75. The van der Waals surface area contributed by atoms with Crippen molar-refractivity contribution < 1.29 is 17.9 Å². The van der Waals surface area contributed by atoms with Crippen LogP contribution in [0.4, 0.5) is 5.69 Å². The fourth-order valence-corrected chi connectivity index (χ4v) is 6.66. The van der Waals surface area contributed by atoms with Crippen molar-refractivity contribution in [2.75, 3.05) is 37.2 Å². The summed E-state index contributed by atoms with van der Waals surface area (Å²) in [7, 11) is -1.40. The van der Waals surface area contributed by atoms with E-state index in [9.17, 15) is 8.42 Å². The molecular formula is C31H48N4O4S. The van der Waals surface area contributed by atoms with Gasteiger partial charge in [-0.3, -0.25) is 4.31 Å². The van der Waals surface area contributed by atoms with Crippen molar-refractivity contribution in [3.05, 3.63) is 30.0 Å². The summed E-state index contributed by atoms with van der Waals surface area (Å²) >= 11 is 0. The van der Waals surface area contributed by atoms with Gasteiger partial charge in [-0.25, -0.2) is 8.42 Å². The molecule has 1 aromatic carbocycles. The fourth-order valence-electron chi connectivity index (χ4n) is 5.60. The normalized spacial score (nSPS) is 17.8. The Morgan fingerprint density at radius 1 is 1.00 bits per heavy atom. The molecule has 9 heteroatoms. The molecule has 0 N–H and O–H groups in total. The molecule has 0 spiro atoms. The molecule has 40 heavy (non-hydrogen) atoms. The maximum absolute atomic E-state index is 13.1. The Morgan fingerprint density at radius 3 is 2.35 bits per heavy atom. The summed E-state index contributed by atoms with van der Waals surface area (Å²) in [6, 6.07) is 7.93. The van der Waals surface area contributed by atoms with Gasteiger partial charge < -0.3 is 14.4 Å². The molecule has 1 saturated carbocycles. The predicted molar refractivity (Wildman–Crippen MR) is 162 cm³/mol. The van der Waals surface area contributed by atoms with E-state index >= 15 is 0 Å². The molecule has 0 unspecified atom stereocenters. The van der Waals surface area contributed by atoms with Crippen LogP contribution >= 0.6 is 0 Å². The molecule has 4 rings (SSSR count). The lowest BCUT2D eigenvalue weighted by atomic mass is 9.97. The lowest BCUT2D eigenvalue weighted by molar-refractivity contribution is 0.109. The van der Waals surface area contributed by atoms with Crippen LogP contribution < -0.4 is 13.8 Å². The first-order valence-corrected chi connectivity index (χ1v) is 17.0. The van der Waals surface area contributed by atoms with Gasteiger partial charge in [-0.15, -0.1) is 5.10 Å². The van der Waals surface area contributed by atoms with Gasteiger partial charge in [0.05, 0.1) is 23.7 Å². The molecule has 1 saturated heterocycles. The lowest BCUT2D eigenvalue weighted by Gasteiger charge is -2.30. The molecule has 2 fully saturated rings. The van der Waals surface area contributed by atoms with E-state index in [-0.39, 0.29) is 18.1 Å². The molecule has 2 aliphatic rings. The topological polar surface area (TPSA) is 84.9 Å². The smallest absolute Gasteiger partial charge is 0.234 e. The number of hydrogen-bond acceptors (Lipinski definition) is 7. The van der Waals surface area contributed by atoms with Gasteiger partial charge in [-0.05, 0) is 82.0 Å². The quantitative estimate of drug-likeness (QED) is 0.304. The Hall–Kier alpha value is -2.39. The average Bonchev–Trinajstić information content (AvgIpc) is 2.92. The van der Waals surface area contributed by atoms with Crippen LogP contribution in [0, 0.1) is 5.92 Å². The maximum Gasteiger partial charge on any atom is 0.234 e. The summed E-state index contributed by atoms with van der Waals surface area (Å²) in [5, 5.41) is 9.06. The van der Waals surface area contributed by atoms with Crippen molar-refractivity contribution in [3.8, 4) is 22.8 Å². The number of hydrogen-bond donors (Lipinski definition) is 0. The van der Waals surface area contributed by atoms with Gasteiger partial charge in [-0.1, -0.05) is 39.7 Å². The molecule has 0 amide bonds. The predicted octanol–water partition coefficient (Wildman–Crippen LogP) is 6.09. The molecule has 0 bridgehead atoms. The van der Waals surface area contributed by atoms with Gasteiger partial charge in [0.1, 0.15) is 11.9 Å². The number of benzene rings is 1. The minimum absolute atomic E-state index is 0.107. The molecule has 8 nitrogen and oxygen atoms in total. The third kappa shape index (κ3) is 8.32. The van der Waals surface area contributed by atoms with E-state index in [2.05, 4.69) is 29.1 Å². The second-order valence-electron chi connectivity index (χ2n) is 12.0. The zero-order chi connectivity index (χ0) is 28.7. The molecule has 1 aliphatic carbocycles. The summed E-state index contributed by atoms with van der Waals surface area (Å²) in [5.41, 5.74) is 3.34. The van der Waals surface area contributed by atoms with E-state index in [0.717, 1.165) is 87.7 Å². The molecule has 2 aromatic rings. The molecule has 0 atom stereocenters. The number of likely N-dealkylation sites (tertiary alicyclic amines) is 1. The molecular weight excluding hydrogens is 524 g/mol. The van der Waals surface area contributed by atoms with Crippen molar-refractivity contribution in [1.82, 2.24) is 15.1 Å². The molecule has 222 valence electrons. The molecule has 0 radical (unpaired) electrons. The number of rotatable bonds is 12. The molecule has 1 aliphatic heterocycles. The van der Waals surface area contributed by atoms with Crippen molar-refractivity contribution in [3.63, 3.8) is 0 Å². The zero-order valence-electron chi connectivity index (χ0n) is 25.1. The number of aromatic nitrogens is 2. The van der Waals surface area contributed by atoms with Gasteiger partial charge in [0.15, 0.2) is 0 Å². The van der Waals surface area contributed by atoms with Crippen molar-refractivity contribution >= 4 is 15.7 Å². The van der Waals surface area contributed by atoms with Gasteiger partial charge in [-0.2, -0.15) is 5.10 Å². The molecule has 1 aromatic heterocycles. The summed E-state index contributed by atoms with van der Waals surface area (Å²) in [6.45, 7) is 8.62. The second kappa shape index (κ2) is 14.0. The van der Waals surface area contributed by atoms with Crippen LogP contribution in [-0.2, 0) is 16.4 Å². The third-order valence-electron chi connectivity index (χ3n) is 7.88. The third-order valence-corrected chi connectivity index (χ3v) is 9.03. The highest BCUT2D eigenvalue weighted by molar-refractivity contribution is 7.92. The number of nitrogens with zero attached hydrogens (tertiary/aromatic N) is 4. The van der Waals surface area contributed by atoms with Gasteiger partial charge in [0, 0.05) is 31.3 Å². The molecule has 2 heterocycles. The summed E-state index contributed by atoms with van der Waals surface area (Å²) in [6.07, 6.45) is 11.8. The lowest BCUT2D eigenvalue weighted by Crippen LogP contribution is -2.35. The number of aryl methyl sites for hydroxylation is 1. The zero-order valence-corrected chi connectivity index (χ0v) is 25.9. The van der Waals surface area contributed by atoms with E-state index in [1.165, 1.54) is 17.0 Å². The fraction of sp³-hybridized carbons (Fsp3) is 0.677. The van der Waals surface area contributed by atoms with E-state index in [4.69, 9.17) is 9.47 Å². The standard InChI is InChI=1S/C31H48N4O4S/c1-6-7-13-28-27(21-31(33-32-28)39-26-16-18-34(4)19-17-26)24-14-15-30(38-25-11-9-8-10-12-25)29(20-24)35(22-23(2)3)40(5,36)37/h14-15,20-21,23,25-26H,6-13,16-19,22H2,1-5H3. The monoisotopic (exact) mass is 572 g/mol. The highest BCUT2D eigenvalue weighted by atomic mass is 32.2. The summed E-state index contributed by atoms with van der Waals surface area (Å²) < 4.78 is 40.5. The van der Waals surface area contributed by atoms with E-state index in [0.29, 0.717) is 23.9 Å². The van der Waals surface area contributed by atoms with Crippen LogP contribution in [-0.4, -0.2) is 68.7 Å². The van der Waals surface area contributed by atoms with Crippen LogP contribution in [0.1, 0.15) is 84.3 Å². The first kappa shape index (κ1) is 30.6. The van der Waals surface area contributed by atoms with Crippen LogP contribution in [0.5, 0.6) is 11.6 Å². The number of sulfonamides is 1. The van der Waals surface area contributed by atoms with Crippen LogP contribution in [0.2, 0.25) is 0 Å².